The van der Waals surface area contributed by atoms with Crippen molar-refractivity contribution >= 4 is 5.82 Å². The van der Waals surface area contributed by atoms with Crippen molar-refractivity contribution in [2.45, 2.75) is 6.92 Å². The monoisotopic (exact) mass is 188 g/mol. The van der Waals surface area contributed by atoms with E-state index in [4.69, 9.17) is 0 Å². The fourth-order valence-electron chi connectivity index (χ4n) is 1.36. The van der Waals surface area contributed by atoms with Crippen LogP contribution >= 0.6 is 0 Å². The van der Waals surface area contributed by atoms with Crippen molar-refractivity contribution in [1.29, 1.82) is 0 Å². The van der Waals surface area contributed by atoms with Gasteiger partial charge in [0, 0.05) is 31.7 Å². The van der Waals surface area contributed by atoms with E-state index in [9.17, 15) is 0 Å². The molecule has 0 aliphatic heterocycles. The van der Waals surface area contributed by atoms with Gasteiger partial charge in [0.2, 0.25) is 0 Å². The highest BCUT2D eigenvalue weighted by atomic mass is 15.1. The van der Waals surface area contributed by atoms with E-state index in [0.29, 0.717) is 0 Å². The summed E-state index contributed by atoms with van der Waals surface area (Å²) in [5.41, 5.74) is 1.07. The molecule has 0 aromatic carbocycles. The van der Waals surface area contributed by atoms with E-state index < -0.39 is 0 Å². The molecule has 0 aliphatic carbocycles. The van der Waals surface area contributed by atoms with Gasteiger partial charge in [-0.3, -0.25) is 0 Å². The minimum absolute atomic E-state index is 0.857. The number of pyridine rings is 1. The van der Waals surface area contributed by atoms with Crippen LogP contribution in [-0.4, -0.2) is 21.6 Å². The molecule has 0 radical (unpaired) electrons. The van der Waals surface area contributed by atoms with Crippen LogP contribution in [0.4, 0.5) is 5.82 Å². The molecular formula is C10H12N4. The van der Waals surface area contributed by atoms with E-state index in [-0.39, 0.29) is 0 Å². The summed E-state index contributed by atoms with van der Waals surface area (Å²) in [5, 5.41) is 3.00. The fourth-order valence-corrected chi connectivity index (χ4v) is 1.36. The molecule has 2 rings (SSSR count). The second-order valence-electron chi connectivity index (χ2n) is 2.99. The van der Waals surface area contributed by atoms with Crippen molar-refractivity contribution in [3.63, 3.8) is 0 Å². The predicted octanol–water partition coefficient (Wildman–Crippen LogP) is 1.62. The molecule has 4 nitrogen and oxygen atoms in total. The zero-order valence-electron chi connectivity index (χ0n) is 8.23. The van der Waals surface area contributed by atoms with Gasteiger partial charge >= 0.3 is 0 Å². The van der Waals surface area contributed by atoms with Crippen molar-refractivity contribution in [2.24, 2.45) is 0 Å². The largest absolute Gasteiger partial charge is 0.373 e. The minimum atomic E-state index is 0.857. The Balaban J connectivity index is 2.47. The summed E-state index contributed by atoms with van der Waals surface area (Å²) in [5.74, 6) is 1.83. The van der Waals surface area contributed by atoms with E-state index in [2.05, 4.69) is 15.3 Å². The van der Waals surface area contributed by atoms with E-state index in [1.165, 1.54) is 0 Å². The smallest absolute Gasteiger partial charge is 0.127 e. The lowest BCUT2D eigenvalue weighted by molar-refractivity contribution is 0.970. The van der Waals surface area contributed by atoms with Gasteiger partial charge in [-0.05, 0) is 13.0 Å². The lowest BCUT2D eigenvalue weighted by Gasteiger charge is -2.06. The molecule has 0 aliphatic rings. The van der Waals surface area contributed by atoms with Crippen molar-refractivity contribution in [3.8, 4) is 5.69 Å². The standard InChI is InChI=1S/C10H12N4/c1-8-12-5-6-14(8)9-3-4-13-10(7-9)11-2/h3-7H,1-2H3,(H,11,13). The summed E-state index contributed by atoms with van der Waals surface area (Å²) < 4.78 is 2.02. The molecule has 2 aromatic heterocycles. The topological polar surface area (TPSA) is 42.7 Å². The first-order chi connectivity index (χ1) is 6.81. The van der Waals surface area contributed by atoms with Gasteiger partial charge in [0.1, 0.15) is 11.6 Å². The van der Waals surface area contributed by atoms with Crippen LogP contribution in [0.3, 0.4) is 0 Å². The normalized spacial score (nSPS) is 10.1. The molecule has 0 saturated heterocycles. The van der Waals surface area contributed by atoms with Gasteiger partial charge < -0.3 is 9.88 Å². The zero-order chi connectivity index (χ0) is 9.97. The van der Waals surface area contributed by atoms with Crippen LogP contribution in [0.5, 0.6) is 0 Å². The number of imidazole rings is 1. The first kappa shape index (κ1) is 8.74. The highest BCUT2D eigenvalue weighted by molar-refractivity contribution is 5.44. The van der Waals surface area contributed by atoms with Gasteiger partial charge in [-0.25, -0.2) is 9.97 Å². The number of nitrogens with one attached hydrogen (secondary N) is 1. The Morgan fingerprint density at radius 2 is 2.14 bits per heavy atom. The molecule has 0 saturated carbocycles. The average molecular weight is 188 g/mol. The first-order valence-corrected chi connectivity index (χ1v) is 4.45. The van der Waals surface area contributed by atoms with Gasteiger partial charge in [-0.1, -0.05) is 0 Å². The van der Waals surface area contributed by atoms with Crippen LogP contribution in [0.2, 0.25) is 0 Å². The van der Waals surface area contributed by atoms with E-state index >= 15 is 0 Å². The highest BCUT2D eigenvalue weighted by Crippen LogP contribution is 2.12. The maximum atomic E-state index is 4.17. The molecule has 0 bridgehead atoms. The number of hydrogen-bond acceptors (Lipinski definition) is 3. The predicted molar refractivity (Wildman–Crippen MR) is 55.6 cm³/mol. The van der Waals surface area contributed by atoms with Crippen molar-refractivity contribution in [1.82, 2.24) is 14.5 Å². The molecule has 1 N–H and O–H groups in total. The average Bonchev–Trinajstić information content (AvgIpc) is 2.65. The molecule has 0 amide bonds. The molecule has 0 unspecified atom stereocenters. The molecule has 2 aromatic rings. The van der Waals surface area contributed by atoms with Crippen LogP contribution in [0.1, 0.15) is 5.82 Å². The molecule has 14 heavy (non-hydrogen) atoms. The van der Waals surface area contributed by atoms with Crippen LogP contribution in [0.25, 0.3) is 5.69 Å². The third-order valence-corrected chi connectivity index (χ3v) is 2.10. The summed E-state index contributed by atoms with van der Waals surface area (Å²) in [4.78, 5) is 8.32. The van der Waals surface area contributed by atoms with E-state index in [1.54, 1.807) is 12.4 Å². The third kappa shape index (κ3) is 1.46. The summed E-state index contributed by atoms with van der Waals surface area (Å²) in [6, 6.07) is 3.93. The first-order valence-electron chi connectivity index (χ1n) is 4.45. The Labute approximate surface area is 82.6 Å². The van der Waals surface area contributed by atoms with Crippen LogP contribution in [0, 0.1) is 6.92 Å². The number of aromatic nitrogens is 3. The van der Waals surface area contributed by atoms with Crippen molar-refractivity contribution < 1.29 is 0 Å². The van der Waals surface area contributed by atoms with Gasteiger partial charge in [0.05, 0.1) is 5.69 Å². The lowest BCUT2D eigenvalue weighted by Crippen LogP contribution is -1.98. The second kappa shape index (κ2) is 3.49. The van der Waals surface area contributed by atoms with Gasteiger partial charge in [-0.15, -0.1) is 0 Å². The van der Waals surface area contributed by atoms with E-state index in [1.807, 2.05) is 36.9 Å². The number of nitrogens with zero attached hydrogens (tertiary/aromatic N) is 3. The number of rotatable bonds is 2. The number of anilines is 1. The third-order valence-electron chi connectivity index (χ3n) is 2.10. The van der Waals surface area contributed by atoms with Gasteiger partial charge in [0.15, 0.2) is 0 Å². The molecule has 0 spiro atoms. The number of hydrogen-bond donors (Lipinski definition) is 1. The van der Waals surface area contributed by atoms with Crippen molar-refractivity contribution in [2.75, 3.05) is 12.4 Å². The number of aryl methyl sites for hydroxylation is 1. The zero-order valence-corrected chi connectivity index (χ0v) is 8.23. The molecule has 4 heteroatoms. The Morgan fingerprint density at radius 3 is 2.79 bits per heavy atom. The molecule has 72 valence electrons. The Morgan fingerprint density at radius 1 is 1.29 bits per heavy atom. The quantitative estimate of drug-likeness (QED) is 0.778. The summed E-state index contributed by atoms with van der Waals surface area (Å²) in [7, 11) is 1.85. The van der Waals surface area contributed by atoms with Crippen molar-refractivity contribution in [3.05, 3.63) is 36.5 Å². The highest BCUT2D eigenvalue weighted by Gasteiger charge is 2.00. The summed E-state index contributed by atoms with van der Waals surface area (Å²) in [6.07, 6.45) is 5.50. The van der Waals surface area contributed by atoms with Crippen LogP contribution < -0.4 is 5.32 Å². The lowest BCUT2D eigenvalue weighted by atomic mass is 10.3. The maximum Gasteiger partial charge on any atom is 0.127 e. The summed E-state index contributed by atoms with van der Waals surface area (Å²) >= 11 is 0. The molecule has 0 atom stereocenters. The minimum Gasteiger partial charge on any atom is -0.373 e. The molecule has 0 fully saturated rings. The molecular weight excluding hydrogens is 176 g/mol. The SMILES string of the molecule is CNc1cc(-n2ccnc2C)ccn1. The Bertz CT molecular complexity index is 433. The fraction of sp³-hybridized carbons (Fsp3) is 0.200. The Hall–Kier alpha value is -1.84. The summed E-state index contributed by atoms with van der Waals surface area (Å²) in [6.45, 7) is 1.97. The van der Waals surface area contributed by atoms with Crippen LogP contribution in [-0.2, 0) is 0 Å². The maximum absolute atomic E-state index is 4.17. The van der Waals surface area contributed by atoms with E-state index in [0.717, 1.165) is 17.3 Å². The Kier molecular flexibility index (Phi) is 2.18. The van der Waals surface area contributed by atoms with Gasteiger partial charge in [0.25, 0.3) is 0 Å². The van der Waals surface area contributed by atoms with Crippen LogP contribution in [0.15, 0.2) is 30.7 Å². The second-order valence-corrected chi connectivity index (χ2v) is 2.99. The van der Waals surface area contributed by atoms with Gasteiger partial charge in [-0.2, -0.15) is 0 Å². The molecule has 2 heterocycles.